The van der Waals surface area contributed by atoms with Crippen molar-refractivity contribution in [3.05, 3.63) is 18.1 Å². The molecule has 0 aliphatic heterocycles. The molecule has 0 radical (unpaired) electrons. The number of anilines is 1. The summed E-state index contributed by atoms with van der Waals surface area (Å²) in [6.45, 7) is 4.11. The average molecular weight is 219 g/mol. The van der Waals surface area contributed by atoms with E-state index in [1.807, 2.05) is 0 Å². The molecule has 16 heavy (non-hydrogen) atoms. The Morgan fingerprint density at radius 1 is 1.50 bits per heavy atom. The molecule has 0 saturated heterocycles. The second-order valence-corrected chi connectivity index (χ2v) is 4.16. The molecule has 0 bridgehead atoms. The van der Waals surface area contributed by atoms with Crippen LogP contribution < -0.4 is 10.6 Å². The summed E-state index contributed by atoms with van der Waals surface area (Å²) in [6, 6.07) is 0. The molecule has 3 N–H and O–H groups in total. The first kappa shape index (κ1) is 10.9. The first-order valence-electron chi connectivity index (χ1n) is 5.62. The lowest BCUT2D eigenvalue weighted by atomic mass is 10.3. The third kappa shape index (κ3) is 2.48. The third-order valence-corrected chi connectivity index (χ3v) is 2.80. The highest BCUT2D eigenvalue weighted by Gasteiger charge is 2.24. The summed E-state index contributed by atoms with van der Waals surface area (Å²) in [4.78, 5) is 10.6. The number of amidine groups is 1. The molecule has 0 spiro atoms. The van der Waals surface area contributed by atoms with Crippen LogP contribution in [0.5, 0.6) is 0 Å². The molecule has 0 atom stereocenters. The molecular formula is C11H17N5. The van der Waals surface area contributed by atoms with E-state index >= 15 is 0 Å². The van der Waals surface area contributed by atoms with Gasteiger partial charge in [0.1, 0.15) is 17.3 Å². The van der Waals surface area contributed by atoms with E-state index in [9.17, 15) is 0 Å². The predicted molar refractivity (Wildman–Crippen MR) is 63.7 cm³/mol. The molecule has 1 aromatic heterocycles. The Kier molecular flexibility index (Phi) is 3.03. The number of nitrogens with zero attached hydrogens (tertiary/aromatic N) is 3. The molecule has 5 heteroatoms. The summed E-state index contributed by atoms with van der Waals surface area (Å²) in [5.74, 6) is 1.66. The zero-order valence-corrected chi connectivity index (χ0v) is 9.48. The van der Waals surface area contributed by atoms with E-state index in [2.05, 4.69) is 21.8 Å². The molecule has 2 rings (SSSR count). The molecule has 5 nitrogen and oxygen atoms in total. The van der Waals surface area contributed by atoms with E-state index < -0.39 is 0 Å². The zero-order chi connectivity index (χ0) is 11.5. The summed E-state index contributed by atoms with van der Waals surface area (Å²) in [7, 11) is 0. The number of hydrogen-bond donors (Lipinski definition) is 2. The number of nitrogens with one attached hydrogen (secondary N) is 1. The van der Waals surface area contributed by atoms with Crippen LogP contribution in [-0.4, -0.2) is 28.9 Å². The Labute approximate surface area is 95.2 Å². The van der Waals surface area contributed by atoms with Crippen molar-refractivity contribution in [3.63, 3.8) is 0 Å². The summed E-state index contributed by atoms with van der Waals surface area (Å²) < 4.78 is 0. The first-order chi connectivity index (χ1) is 7.70. The quantitative estimate of drug-likeness (QED) is 0.572. The Morgan fingerprint density at radius 3 is 2.69 bits per heavy atom. The van der Waals surface area contributed by atoms with E-state index in [0.29, 0.717) is 5.69 Å². The lowest BCUT2D eigenvalue weighted by Gasteiger charge is -2.21. The Balaban J connectivity index is 2.08. The zero-order valence-electron chi connectivity index (χ0n) is 9.48. The van der Waals surface area contributed by atoms with Gasteiger partial charge in [-0.1, -0.05) is 0 Å². The number of nitrogen functional groups attached to an aromatic ring is 1. The number of rotatable bonds is 5. The van der Waals surface area contributed by atoms with Crippen LogP contribution in [0.2, 0.25) is 0 Å². The van der Waals surface area contributed by atoms with E-state index in [1.54, 1.807) is 12.4 Å². The van der Waals surface area contributed by atoms with Crippen molar-refractivity contribution < 1.29 is 0 Å². The van der Waals surface area contributed by atoms with Crippen LogP contribution in [-0.2, 0) is 0 Å². The Morgan fingerprint density at radius 2 is 2.25 bits per heavy atom. The molecule has 0 unspecified atom stereocenters. The van der Waals surface area contributed by atoms with Crippen LogP contribution in [0, 0.1) is 11.3 Å². The molecule has 1 aliphatic rings. The van der Waals surface area contributed by atoms with Crippen molar-refractivity contribution in [1.82, 2.24) is 9.97 Å². The Bertz CT molecular complexity index is 368. The summed E-state index contributed by atoms with van der Waals surface area (Å²) in [6.07, 6.45) is 5.92. The van der Waals surface area contributed by atoms with Gasteiger partial charge in [0, 0.05) is 13.1 Å². The van der Waals surface area contributed by atoms with Crippen LogP contribution >= 0.6 is 0 Å². The minimum absolute atomic E-state index is 0.0377. The van der Waals surface area contributed by atoms with E-state index in [4.69, 9.17) is 11.1 Å². The van der Waals surface area contributed by atoms with Crippen LogP contribution in [0.1, 0.15) is 25.5 Å². The van der Waals surface area contributed by atoms with Crippen molar-refractivity contribution in [3.8, 4) is 0 Å². The van der Waals surface area contributed by atoms with Crippen LogP contribution in [0.4, 0.5) is 5.82 Å². The number of aromatic nitrogens is 2. The van der Waals surface area contributed by atoms with E-state index in [1.165, 1.54) is 12.8 Å². The number of hydrogen-bond acceptors (Lipinski definition) is 4. The fourth-order valence-electron chi connectivity index (χ4n) is 1.62. The summed E-state index contributed by atoms with van der Waals surface area (Å²) in [5.41, 5.74) is 5.77. The SMILES string of the molecule is CCN(CC1CC1)c1cnc(C(=N)N)cn1. The van der Waals surface area contributed by atoms with Crippen LogP contribution in [0.3, 0.4) is 0 Å². The molecule has 1 aliphatic carbocycles. The second kappa shape index (κ2) is 4.47. The van der Waals surface area contributed by atoms with Gasteiger partial charge in [-0.25, -0.2) is 9.97 Å². The largest absolute Gasteiger partial charge is 0.382 e. The van der Waals surface area contributed by atoms with Gasteiger partial charge in [0.15, 0.2) is 0 Å². The van der Waals surface area contributed by atoms with Gasteiger partial charge in [0.2, 0.25) is 0 Å². The highest BCUT2D eigenvalue weighted by atomic mass is 15.2. The molecule has 1 heterocycles. The summed E-state index contributed by atoms with van der Waals surface area (Å²) in [5, 5.41) is 7.24. The van der Waals surface area contributed by atoms with Gasteiger partial charge < -0.3 is 10.6 Å². The van der Waals surface area contributed by atoms with E-state index in [-0.39, 0.29) is 5.84 Å². The maximum atomic E-state index is 7.24. The van der Waals surface area contributed by atoms with Crippen molar-refractivity contribution in [1.29, 1.82) is 5.41 Å². The maximum absolute atomic E-state index is 7.24. The molecule has 1 fully saturated rings. The minimum atomic E-state index is -0.0377. The third-order valence-electron chi connectivity index (χ3n) is 2.80. The first-order valence-corrected chi connectivity index (χ1v) is 5.62. The summed E-state index contributed by atoms with van der Waals surface area (Å²) >= 11 is 0. The molecule has 1 aromatic rings. The maximum Gasteiger partial charge on any atom is 0.147 e. The molecular weight excluding hydrogens is 202 g/mol. The minimum Gasteiger partial charge on any atom is -0.382 e. The van der Waals surface area contributed by atoms with E-state index in [0.717, 1.165) is 24.8 Å². The lowest BCUT2D eigenvalue weighted by Crippen LogP contribution is -2.26. The van der Waals surface area contributed by atoms with Gasteiger partial charge in [-0.05, 0) is 25.7 Å². The van der Waals surface area contributed by atoms with Crippen molar-refractivity contribution in [2.45, 2.75) is 19.8 Å². The van der Waals surface area contributed by atoms with Gasteiger partial charge in [-0.3, -0.25) is 5.41 Å². The predicted octanol–water partition coefficient (Wildman–Crippen LogP) is 0.997. The van der Waals surface area contributed by atoms with Crippen molar-refractivity contribution in [2.75, 3.05) is 18.0 Å². The molecule has 1 saturated carbocycles. The van der Waals surface area contributed by atoms with Crippen molar-refractivity contribution in [2.24, 2.45) is 11.7 Å². The van der Waals surface area contributed by atoms with Gasteiger partial charge in [0.25, 0.3) is 0 Å². The smallest absolute Gasteiger partial charge is 0.147 e. The second-order valence-electron chi connectivity index (χ2n) is 4.16. The van der Waals surface area contributed by atoms with Gasteiger partial charge in [-0.2, -0.15) is 0 Å². The van der Waals surface area contributed by atoms with Crippen LogP contribution in [0.25, 0.3) is 0 Å². The van der Waals surface area contributed by atoms with Crippen LogP contribution in [0.15, 0.2) is 12.4 Å². The van der Waals surface area contributed by atoms with Crippen molar-refractivity contribution >= 4 is 11.7 Å². The Hall–Kier alpha value is -1.65. The fourth-order valence-corrected chi connectivity index (χ4v) is 1.62. The van der Waals surface area contributed by atoms with Gasteiger partial charge in [0.05, 0.1) is 12.4 Å². The topological polar surface area (TPSA) is 78.9 Å². The highest BCUT2D eigenvalue weighted by Crippen LogP contribution is 2.30. The monoisotopic (exact) mass is 219 g/mol. The highest BCUT2D eigenvalue weighted by molar-refractivity contribution is 5.92. The molecule has 86 valence electrons. The lowest BCUT2D eigenvalue weighted by molar-refractivity contribution is 0.729. The van der Waals surface area contributed by atoms with Gasteiger partial charge in [-0.15, -0.1) is 0 Å². The molecule has 0 amide bonds. The standard InChI is InChI=1S/C11H17N5/c1-2-16(7-8-3-4-8)10-6-14-9(5-15-10)11(12)13/h5-6,8H,2-4,7H2,1H3,(H3,12,13). The van der Waals surface area contributed by atoms with Gasteiger partial charge >= 0.3 is 0 Å². The normalized spacial score (nSPS) is 14.8. The average Bonchev–Trinajstić information content (AvgIpc) is 3.10. The fraction of sp³-hybridized carbons (Fsp3) is 0.545. The number of nitrogens with two attached hydrogens (primary N) is 1. The molecule has 0 aromatic carbocycles.